The molecule has 0 atom stereocenters. The zero-order valence-corrected chi connectivity index (χ0v) is 10.9. The molecule has 0 heterocycles. The van der Waals surface area contributed by atoms with Crippen LogP contribution in [0.1, 0.15) is 18.4 Å². The predicted octanol–water partition coefficient (Wildman–Crippen LogP) is 3.56. The van der Waals surface area contributed by atoms with Gasteiger partial charge in [0.25, 0.3) is 0 Å². The third-order valence-corrected chi connectivity index (χ3v) is 4.01. The first kappa shape index (κ1) is 11.4. The molecule has 0 saturated heterocycles. The Morgan fingerprint density at radius 2 is 2.07 bits per heavy atom. The summed E-state index contributed by atoms with van der Waals surface area (Å²) < 4.78 is 1.18. The van der Waals surface area contributed by atoms with E-state index in [2.05, 4.69) is 39.4 Å². The number of hydrogen-bond donors (Lipinski definition) is 1. The van der Waals surface area contributed by atoms with Gasteiger partial charge in [0.1, 0.15) is 0 Å². The van der Waals surface area contributed by atoms with E-state index < -0.39 is 0 Å². The van der Waals surface area contributed by atoms with Crippen LogP contribution in [0.25, 0.3) is 0 Å². The fourth-order valence-electron chi connectivity index (χ4n) is 1.87. The summed E-state index contributed by atoms with van der Waals surface area (Å²) in [6.45, 7) is 2.02. The van der Waals surface area contributed by atoms with E-state index in [9.17, 15) is 0 Å². The van der Waals surface area contributed by atoms with Gasteiger partial charge < -0.3 is 5.32 Å². The molecule has 0 bridgehead atoms. The second-order valence-electron chi connectivity index (χ2n) is 4.16. The predicted molar refractivity (Wildman–Crippen MR) is 68.2 cm³/mol. The minimum absolute atomic E-state index is 0.431. The maximum Gasteiger partial charge on any atom is 0.0342 e. The standard InChI is InChI=1S/C12H15BrClN/c13-12-4-2-1-3-10(12)8-15-7-9-5-11(14)6-9/h1-4,9,11,15H,5-8H2. The van der Waals surface area contributed by atoms with Crippen LogP contribution in [0.15, 0.2) is 28.7 Å². The number of halogens is 2. The minimum Gasteiger partial charge on any atom is -0.312 e. The summed E-state index contributed by atoms with van der Waals surface area (Å²) in [5.41, 5.74) is 1.32. The van der Waals surface area contributed by atoms with Crippen LogP contribution in [-0.2, 0) is 6.54 Å². The van der Waals surface area contributed by atoms with E-state index in [4.69, 9.17) is 11.6 Å². The molecule has 1 aromatic rings. The van der Waals surface area contributed by atoms with E-state index in [1.54, 1.807) is 0 Å². The first-order valence-corrected chi connectivity index (χ1v) is 6.57. The smallest absolute Gasteiger partial charge is 0.0342 e. The van der Waals surface area contributed by atoms with Crippen LogP contribution >= 0.6 is 27.5 Å². The number of rotatable bonds is 4. The second kappa shape index (κ2) is 5.33. The molecule has 1 aliphatic rings. The molecule has 0 amide bonds. The molecule has 1 aliphatic carbocycles. The van der Waals surface area contributed by atoms with Gasteiger partial charge in [-0.05, 0) is 36.9 Å². The lowest BCUT2D eigenvalue weighted by atomic mass is 9.85. The maximum atomic E-state index is 5.93. The summed E-state index contributed by atoms with van der Waals surface area (Å²) in [6.07, 6.45) is 2.34. The van der Waals surface area contributed by atoms with Crippen LogP contribution in [-0.4, -0.2) is 11.9 Å². The average Bonchev–Trinajstić information content (AvgIpc) is 2.18. The van der Waals surface area contributed by atoms with Gasteiger partial charge in [-0.1, -0.05) is 34.1 Å². The quantitative estimate of drug-likeness (QED) is 0.836. The van der Waals surface area contributed by atoms with E-state index in [1.807, 2.05) is 6.07 Å². The number of benzene rings is 1. The normalized spacial score (nSPS) is 24.9. The van der Waals surface area contributed by atoms with Crippen molar-refractivity contribution < 1.29 is 0 Å². The number of nitrogens with one attached hydrogen (secondary N) is 1. The van der Waals surface area contributed by atoms with Gasteiger partial charge in [0.15, 0.2) is 0 Å². The Bertz CT molecular complexity index is 323. The van der Waals surface area contributed by atoms with E-state index >= 15 is 0 Å². The van der Waals surface area contributed by atoms with Crippen molar-refractivity contribution in [3.8, 4) is 0 Å². The minimum atomic E-state index is 0.431. The molecule has 0 radical (unpaired) electrons. The van der Waals surface area contributed by atoms with Crippen molar-refractivity contribution in [3.05, 3.63) is 34.3 Å². The zero-order valence-electron chi connectivity index (χ0n) is 8.55. The van der Waals surface area contributed by atoms with Crippen molar-refractivity contribution in [2.75, 3.05) is 6.54 Å². The van der Waals surface area contributed by atoms with Crippen LogP contribution in [0.3, 0.4) is 0 Å². The van der Waals surface area contributed by atoms with Crippen molar-refractivity contribution in [1.29, 1.82) is 0 Å². The van der Waals surface area contributed by atoms with Crippen molar-refractivity contribution in [2.24, 2.45) is 5.92 Å². The van der Waals surface area contributed by atoms with Crippen LogP contribution in [0.4, 0.5) is 0 Å². The molecule has 0 aliphatic heterocycles. The maximum absolute atomic E-state index is 5.93. The molecule has 1 saturated carbocycles. The lowest BCUT2D eigenvalue weighted by Gasteiger charge is -2.31. The van der Waals surface area contributed by atoms with Crippen molar-refractivity contribution >= 4 is 27.5 Å². The van der Waals surface area contributed by atoms with E-state index in [0.29, 0.717) is 5.38 Å². The molecule has 0 unspecified atom stereocenters. The van der Waals surface area contributed by atoms with Gasteiger partial charge in [0.2, 0.25) is 0 Å². The zero-order chi connectivity index (χ0) is 10.7. The Kier molecular flexibility index (Phi) is 4.06. The van der Waals surface area contributed by atoms with Gasteiger partial charge in [-0.25, -0.2) is 0 Å². The highest BCUT2D eigenvalue weighted by atomic mass is 79.9. The van der Waals surface area contributed by atoms with Crippen LogP contribution in [0.2, 0.25) is 0 Å². The molecule has 0 spiro atoms. The highest BCUT2D eigenvalue weighted by molar-refractivity contribution is 9.10. The molecule has 2 rings (SSSR count). The van der Waals surface area contributed by atoms with Gasteiger partial charge >= 0.3 is 0 Å². The van der Waals surface area contributed by atoms with Gasteiger partial charge in [-0.15, -0.1) is 11.6 Å². The summed E-state index contributed by atoms with van der Waals surface area (Å²) in [7, 11) is 0. The molecule has 82 valence electrons. The fraction of sp³-hybridized carbons (Fsp3) is 0.500. The number of alkyl halides is 1. The lowest BCUT2D eigenvalue weighted by molar-refractivity contribution is 0.308. The summed E-state index contributed by atoms with van der Waals surface area (Å²) in [5, 5.41) is 3.91. The first-order chi connectivity index (χ1) is 7.25. The topological polar surface area (TPSA) is 12.0 Å². The summed E-state index contributed by atoms with van der Waals surface area (Å²) in [4.78, 5) is 0. The highest BCUT2D eigenvalue weighted by Crippen LogP contribution is 2.31. The lowest BCUT2D eigenvalue weighted by Crippen LogP contribution is -2.33. The molecule has 1 nitrogen and oxygen atoms in total. The monoisotopic (exact) mass is 287 g/mol. The Balaban J connectivity index is 1.72. The SMILES string of the molecule is ClC1CC(CNCc2ccccc2Br)C1. The van der Waals surface area contributed by atoms with Crippen LogP contribution in [0.5, 0.6) is 0 Å². The van der Waals surface area contributed by atoms with Gasteiger partial charge in [0.05, 0.1) is 0 Å². The van der Waals surface area contributed by atoms with Gasteiger partial charge in [0, 0.05) is 16.4 Å². The Morgan fingerprint density at radius 1 is 1.33 bits per heavy atom. The van der Waals surface area contributed by atoms with E-state index in [1.165, 1.54) is 22.9 Å². The third kappa shape index (κ3) is 3.20. The van der Waals surface area contributed by atoms with E-state index in [0.717, 1.165) is 19.0 Å². The van der Waals surface area contributed by atoms with Crippen LogP contribution < -0.4 is 5.32 Å². The van der Waals surface area contributed by atoms with Crippen molar-refractivity contribution in [2.45, 2.75) is 24.8 Å². The molecular weight excluding hydrogens is 273 g/mol. The average molecular weight is 289 g/mol. The fourth-order valence-corrected chi connectivity index (χ4v) is 2.80. The van der Waals surface area contributed by atoms with Crippen molar-refractivity contribution in [1.82, 2.24) is 5.32 Å². The third-order valence-electron chi connectivity index (χ3n) is 2.88. The summed E-state index contributed by atoms with van der Waals surface area (Å²) in [6, 6.07) is 8.33. The Morgan fingerprint density at radius 3 is 2.73 bits per heavy atom. The van der Waals surface area contributed by atoms with Crippen LogP contribution in [0, 0.1) is 5.92 Å². The van der Waals surface area contributed by atoms with E-state index in [-0.39, 0.29) is 0 Å². The molecule has 15 heavy (non-hydrogen) atoms. The van der Waals surface area contributed by atoms with Gasteiger partial charge in [-0.3, -0.25) is 0 Å². The summed E-state index contributed by atoms with van der Waals surface area (Å²) >= 11 is 9.47. The Labute approximate surface area is 104 Å². The Hall–Kier alpha value is -0.0500. The molecule has 0 aromatic heterocycles. The highest BCUT2D eigenvalue weighted by Gasteiger charge is 2.26. The molecular formula is C12H15BrClN. The number of hydrogen-bond acceptors (Lipinski definition) is 1. The summed E-state index contributed by atoms with van der Waals surface area (Å²) in [5.74, 6) is 0.787. The molecule has 3 heteroatoms. The van der Waals surface area contributed by atoms with Gasteiger partial charge in [-0.2, -0.15) is 0 Å². The molecule has 1 aromatic carbocycles. The second-order valence-corrected chi connectivity index (χ2v) is 5.63. The molecule has 1 fully saturated rings. The molecule has 1 N–H and O–H groups in total. The largest absolute Gasteiger partial charge is 0.312 e. The first-order valence-electron chi connectivity index (χ1n) is 5.34. The van der Waals surface area contributed by atoms with Crippen molar-refractivity contribution in [3.63, 3.8) is 0 Å².